The molecule has 0 aliphatic heterocycles. The molecule has 0 radical (unpaired) electrons. The summed E-state index contributed by atoms with van der Waals surface area (Å²) in [5, 5.41) is 8.89. The molecule has 2 aromatic carbocycles. The number of esters is 2. The summed E-state index contributed by atoms with van der Waals surface area (Å²) in [7, 11) is 0. The van der Waals surface area contributed by atoms with Crippen LogP contribution in [0.4, 0.5) is 0 Å². The summed E-state index contributed by atoms with van der Waals surface area (Å²) in [6.45, 7) is 5.38. The summed E-state index contributed by atoms with van der Waals surface area (Å²) in [5.41, 5.74) is 3.07. The van der Waals surface area contributed by atoms with Crippen molar-refractivity contribution in [2.24, 2.45) is 0 Å². The standard InChI is InChI=1S/C20H19N3O4/c1-3-19(24)26-12-6-9-20(25)27-18-11-10-14(2)13-17(18)23-21-15-7-4-5-8-16(15)22-23/h3-5,7-8,10-11,13H,1,6,9,12H2,2H3. The van der Waals surface area contributed by atoms with Gasteiger partial charge in [-0.2, -0.15) is 0 Å². The number of ether oxygens (including phenoxy) is 2. The van der Waals surface area contributed by atoms with E-state index < -0.39 is 11.9 Å². The molecule has 0 fully saturated rings. The number of aromatic nitrogens is 3. The molecule has 0 N–H and O–H groups in total. The van der Waals surface area contributed by atoms with Gasteiger partial charge in [0.25, 0.3) is 0 Å². The molecule has 0 aliphatic carbocycles. The van der Waals surface area contributed by atoms with Gasteiger partial charge in [0.05, 0.1) is 6.61 Å². The van der Waals surface area contributed by atoms with Crippen molar-refractivity contribution in [2.75, 3.05) is 6.61 Å². The van der Waals surface area contributed by atoms with Crippen molar-refractivity contribution >= 4 is 23.0 Å². The fourth-order valence-corrected chi connectivity index (χ4v) is 2.46. The second-order valence-corrected chi connectivity index (χ2v) is 5.90. The molecular formula is C20H19N3O4. The number of hydrogen-bond acceptors (Lipinski definition) is 6. The first-order chi connectivity index (χ1) is 13.1. The van der Waals surface area contributed by atoms with Crippen LogP contribution in [-0.2, 0) is 14.3 Å². The Hall–Kier alpha value is -3.48. The van der Waals surface area contributed by atoms with Crippen LogP contribution in [0.15, 0.2) is 55.1 Å². The first kappa shape index (κ1) is 18.3. The fourth-order valence-electron chi connectivity index (χ4n) is 2.46. The quantitative estimate of drug-likeness (QED) is 0.277. The molecule has 0 saturated heterocycles. The smallest absolute Gasteiger partial charge is 0.330 e. The molecule has 7 heteroatoms. The van der Waals surface area contributed by atoms with Crippen molar-refractivity contribution < 1.29 is 19.1 Å². The Bertz CT molecular complexity index is 961. The first-order valence-corrected chi connectivity index (χ1v) is 8.50. The summed E-state index contributed by atoms with van der Waals surface area (Å²) >= 11 is 0. The Labute approximate surface area is 156 Å². The van der Waals surface area contributed by atoms with Gasteiger partial charge < -0.3 is 9.47 Å². The van der Waals surface area contributed by atoms with Gasteiger partial charge in [-0.3, -0.25) is 4.79 Å². The van der Waals surface area contributed by atoms with Gasteiger partial charge in [-0.15, -0.1) is 15.0 Å². The van der Waals surface area contributed by atoms with Crippen LogP contribution in [0, 0.1) is 6.92 Å². The number of carbonyl (C=O) groups is 2. The molecule has 0 aliphatic rings. The highest BCUT2D eigenvalue weighted by Crippen LogP contribution is 2.25. The number of benzene rings is 2. The zero-order valence-corrected chi connectivity index (χ0v) is 14.9. The normalized spacial score (nSPS) is 10.6. The Morgan fingerprint density at radius 3 is 2.52 bits per heavy atom. The number of fused-ring (bicyclic) bond motifs is 1. The second kappa shape index (κ2) is 8.27. The van der Waals surface area contributed by atoms with E-state index in [0.29, 0.717) is 17.9 Å². The Morgan fingerprint density at radius 1 is 1.15 bits per heavy atom. The Morgan fingerprint density at radius 2 is 1.85 bits per heavy atom. The minimum absolute atomic E-state index is 0.117. The summed E-state index contributed by atoms with van der Waals surface area (Å²) < 4.78 is 10.3. The van der Waals surface area contributed by atoms with Crippen molar-refractivity contribution in [2.45, 2.75) is 19.8 Å². The number of hydrogen-bond donors (Lipinski definition) is 0. The van der Waals surface area contributed by atoms with E-state index in [9.17, 15) is 9.59 Å². The minimum Gasteiger partial charge on any atom is -0.463 e. The highest BCUT2D eigenvalue weighted by molar-refractivity contribution is 5.81. The van der Waals surface area contributed by atoms with Gasteiger partial charge in [-0.25, -0.2) is 4.79 Å². The van der Waals surface area contributed by atoms with Crippen molar-refractivity contribution in [3.8, 4) is 11.4 Å². The highest BCUT2D eigenvalue weighted by atomic mass is 16.5. The van der Waals surface area contributed by atoms with Gasteiger partial charge in [0.1, 0.15) is 16.7 Å². The van der Waals surface area contributed by atoms with E-state index in [2.05, 4.69) is 16.8 Å². The van der Waals surface area contributed by atoms with E-state index in [0.717, 1.165) is 22.7 Å². The van der Waals surface area contributed by atoms with Crippen LogP contribution in [-0.4, -0.2) is 33.5 Å². The number of aryl methyl sites for hydroxylation is 1. The summed E-state index contributed by atoms with van der Waals surface area (Å²) in [6, 6.07) is 12.9. The lowest BCUT2D eigenvalue weighted by Gasteiger charge is -2.10. The van der Waals surface area contributed by atoms with Crippen molar-refractivity contribution in [1.82, 2.24) is 15.0 Å². The van der Waals surface area contributed by atoms with E-state index in [1.807, 2.05) is 43.3 Å². The Balaban J connectivity index is 1.73. The van der Waals surface area contributed by atoms with Crippen LogP contribution in [0.25, 0.3) is 16.7 Å². The van der Waals surface area contributed by atoms with Gasteiger partial charge in [0.2, 0.25) is 0 Å². The van der Waals surface area contributed by atoms with Crippen LogP contribution in [0.2, 0.25) is 0 Å². The average molecular weight is 365 g/mol. The lowest BCUT2D eigenvalue weighted by atomic mass is 10.2. The molecule has 0 spiro atoms. The topological polar surface area (TPSA) is 83.3 Å². The fraction of sp³-hybridized carbons (Fsp3) is 0.200. The van der Waals surface area contributed by atoms with Crippen LogP contribution >= 0.6 is 0 Å². The van der Waals surface area contributed by atoms with Crippen molar-refractivity contribution in [3.63, 3.8) is 0 Å². The lowest BCUT2D eigenvalue weighted by Crippen LogP contribution is -2.12. The zero-order chi connectivity index (χ0) is 19.2. The van der Waals surface area contributed by atoms with Gasteiger partial charge in [-0.05, 0) is 43.2 Å². The molecular weight excluding hydrogens is 346 g/mol. The largest absolute Gasteiger partial charge is 0.463 e. The number of rotatable bonds is 7. The molecule has 0 saturated carbocycles. The summed E-state index contributed by atoms with van der Waals surface area (Å²) in [5.74, 6) is -0.568. The van der Waals surface area contributed by atoms with Crippen LogP contribution < -0.4 is 4.74 Å². The monoisotopic (exact) mass is 365 g/mol. The maximum Gasteiger partial charge on any atom is 0.330 e. The lowest BCUT2D eigenvalue weighted by molar-refractivity contribution is -0.140. The van der Waals surface area contributed by atoms with Crippen LogP contribution in [0.5, 0.6) is 5.75 Å². The van der Waals surface area contributed by atoms with E-state index in [1.54, 1.807) is 6.07 Å². The summed E-state index contributed by atoms with van der Waals surface area (Å²) in [6.07, 6.45) is 1.56. The minimum atomic E-state index is -0.513. The second-order valence-electron chi connectivity index (χ2n) is 5.90. The summed E-state index contributed by atoms with van der Waals surface area (Å²) in [4.78, 5) is 24.6. The van der Waals surface area contributed by atoms with Crippen LogP contribution in [0.3, 0.4) is 0 Å². The molecule has 138 valence electrons. The third-order valence-corrected chi connectivity index (χ3v) is 3.78. The van der Waals surface area contributed by atoms with Crippen molar-refractivity contribution in [3.05, 3.63) is 60.7 Å². The maximum atomic E-state index is 12.1. The first-order valence-electron chi connectivity index (χ1n) is 8.50. The third-order valence-electron chi connectivity index (χ3n) is 3.78. The molecule has 3 rings (SSSR count). The van der Waals surface area contributed by atoms with Gasteiger partial charge in [0.15, 0.2) is 5.75 Å². The predicted molar refractivity (Wildman–Crippen MR) is 99.6 cm³/mol. The number of carbonyl (C=O) groups excluding carboxylic acids is 2. The molecule has 3 aromatic rings. The molecule has 0 unspecified atom stereocenters. The average Bonchev–Trinajstić information content (AvgIpc) is 3.10. The van der Waals surface area contributed by atoms with E-state index >= 15 is 0 Å². The molecule has 0 amide bonds. The van der Waals surface area contributed by atoms with Gasteiger partial charge in [0, 0.05) is 12.5 Å². The number of nitrogens with zero attached hydrogens (tertiary/aromatic N) is 3. The predicted octanol–water partition coefficient (Wildman–Crippen LogP) is 3.14. The third kappa shape index (κ3) is 4.58. The van der Waals surface area contributed by atoms with E-state index in [1.165, 1.54) is 4.80 Å². The zero-order valence-electron chi connectivity index (χ0n) is 14.9. The maximum absolute atomic E-state index is 12.1. The van der Waals surface area contributed by atoms with Gasteiger partial charge >= 0.3 is 11.9 Å². The van der Waals surface area contributed by atoms with E-state index in [4.69, 9.17) is 9.47 Å². The SMILES string of the molecule is C=CC(=O)OCCCC(=O)Oc1ccc(C)cc1-n1nc2ccccc2n1. The molecule has 0 atom stereocenters. The molecule has 7 nitrogen and oxygen atoms in total. The molecule has 1 aromatic heterocycles. The molecule has 1 heterocycles. The van der Waals surface area contributed by atoms with Gasteiger partial charge in [-0.1, -0.05) is 24.8 Å². The van der Waals surface area contributed by atoms with Crippen LogP contribution in [0.1, 0.15) is 18.4 Å². The highest BCUT2D eigenvalue weighted by Gasteiger charge is 2.14. The van der Waals surface area contributed by atoms with E-state index in [-0.39, 0.29) is 13.0 Å². The van der Waals surface area contributed by atoms with Crippen molar-refractivity contribution in [1.29, 1.82) is 0 Å². The molecule has 27 heavy (non-hydrogen) atoms. The molecule has 0 bridgehead atoms. The Kier molecular flexibility index (Phi) is 5.61.